The molecule has 1 aliphatic rings. The smallest absolute Gasteiger partial charge is 0.255 e. The van der Waals surface area contributed by atoms with Gasteiger partial charge in [-0.3, -0.25) is 9.59 Å². The molecule has 1 aliphatic heterocycles. The summed E-state index contributed by atoms with van der Waals surface area (Å²) in [5, 5.41) is 6.84. The number of hydrogen-bond acceptors (Lipinski definition) is 5. The van der Waals surface area contributed by atoms with Crippen molar-refractivity contribution in [1.29, 1.82) is 0 Å². The molecule has 0 unspecified atom stereocenters. The Hall–Kier alpha value is -3.61. The third-order valence-corrected chi connectivity index (χ3v) is 5.93. The van der Waals surface area contributed by atoms with Gasteiger partial charge in [0.2, 0.25) is 5.91 Å². The van der Waals surface area contributed by atoms with E-state index in [1.807, 2.05) is 55.1 Å². The van der Waals surface area contributed by atoms with Gasteiger partial charge in [-0.25, -0.2) is 0 Å². The van der Waals surface area contributed by atoms with Crippen LogP contribution < -0.4 is 10.1 Å². The van der Waals surface area contributed by atoms with Crippen LogP contribution in [0.2, 0.25) is 0 Å². The van der Waals surface area contributed by atoms with Crippen molar-refractivity contribution in [3.63, 3.8) is 0 Å². The molecule has 7 heteroatoms. The van der Waals surface area contributed by atoms with Crippen LogP contribution in [-0.4, -0.2) is 35.0 Å². The van der Waals surface area contributed by atoms with Crippen molar-refractivity contribution in [3.05, 3.63) is 76.7 Å². The maximum Gasteiger partial charge on any atom is 0.255 e. The molecule has 0 bridgehead atoms. The maximum atomic E-state index is 12.9. The number of anilines is 1. The van der Waals surface area contributed by atoms with Crippen molar-refractivity contribution in [2.45, 2.75) is 46.1 Å². The number of likely N-dealkylation sites (tertiary alicyclic amines) is 1. The Morgan fingerprint density at radius 3 is 2.45 bits per heavy atom. The highest BCUT2D eigenvalue weighted by Crippen LogP contribution is 2.21. The van der Waals surface area contributed by atoms with Gasteiger partial charge in [-0.1, -0.05) is 29.4 Å². The Morgan fingerprint density at radius 2 is 1.76 bits per heavy atom. The monoisotopic (exact) mass is 447 g/mol. The second-order valence-electron chi connectivity index (χ2n) is 8.36. The molecule has 3 aromatic rings. The van der Waals surface area contributed by atoms with E-state index in [9.17, 15) is 9.59 Å². The molecule has 33 heavy (non-hydrogen) atoms. The van der Waals surface area contributed by atoms with Crippen molar-refractivity contribution < 1.29 is 18.8 Å². The van der Waals surface area contributed by atoms with Crippen LogP contribution in [0, 0.1) is 13.8 Å². The van der Waals surface area contributed by atoms with Crippen LogP contribution in [-0.2, 0) is 17.8 Å². The third kappa shape index (κ3) is 5.61. The van der Waals surface area contributed by atoms with Crippen LogP contribution >= 0.6 is 0 Å². The molecule has 1 aromatic heterocycles. The Morgan fingerprint density at radius 1 is 1.03 bits per heavy atom. The van der Waals surface area contributed by atoms with Crippen LogP contribution in [0.15, 0.2) is 53.1 Å². The molecule has 0 aliphatic carbocycles. The second kappa shape index (κ2) is 10.3. The number of amides is 2. The van der Waals surface area contributed by atoms with Crippen LogP contribution in [0.25, 0.3) is 0 Å². The van der Waals surface area contributed by atoms with Crippen LogP contribution in [0.5, 0.6) is 5.75 Å². The SMILES string of the molecule is Cc1noc(C)c1COc1ccc(CC(=O)Nc2ccccc2C(=O)N2CCCCC2)cc1. The molecule has 1 saturated heterocycles. The molecule has 172 valence electrons. The van der Waals surface area contributed by atoms with Crippen LogP contribution in [0.1, 0.15) is 52.2 Å². The van der Waals surface area contributed by atoms with E-state index in [1.165, 1.54) is 0 Å². The molecule has 0 spiro atoms. The van der Waals surface area contributed by atoms with E-state index in [-0.39, 0.29) is 18.2 Å². The Bertz CT molecular complexity index is 1100. The van der Waals surface area contributed by atoms with Gasteiger partial charge in [0.05, 0.1) is 28.9 Å². The minimum atomic E-state index is -0.168. The molecular formula is C26H29N3O4. The lowest BCUT2D eigenvalue weighted by molar-refractivity contribution is -0.115. The van der Waals surface area contributed by atoms with Crippen molar-refractivity contribution in [3.8, 4) is 5.75 Å². The fourth-order valence-electron chi connectivity index (χ4n) is 3.99. The van der Waals surface area contributed by atoms with Gasteiger partial charge in [-0.2, -0.15) is 0 Å². The van der Waals surface area contributed by atoms with Gasteiger partial charge in [0.1, 0.15) is 18.1 Å². The Labute approximate surface area is 193 Å². The first-order valence-electron chi connectivity index (χ1n) is 11.3. The molecular weight excluding hydrogens is 418 g/mol. The zero-order valence-electron chi connectivity index (χ0n) is 19.1. The number of hydrogen-bond donors (Lipinski definition) is 1. The average Bonchev–Trinajstić information content (AvgIpc) is 3.16. The summed E-state index contributed by atoms with van der Waals surface area (Å²) in [6, 6.07) is 14.6. The molecule has 1 N–H and O–H groups in total. The topological polar surface area (TPSA) is 84.7 Å². The number of para-hydroxylation sites is 1. The summed E-state index contributed by atoms with van der Waals surface area (Å²) in [6.07, 6.45) is 3.42. The number of aromatic nitrogens is 1. The van der Waals surface area contributed by atoms with Gasteiger partial charge < -0.3 is 19.5 Å². The van der Waals surface area contributed by atoms with Gasteiger partial charge >= 0.3 is 0 Å². The number of benzene rings is 2. The van der Waals surface area contributed by atoms with E-state index in [0.29, 0.717) is 23.6 Å². The number of carbonyl (C=O) groups is 2. The number of piperidine rings is 1. The largest absolute Gasteiger partial charge is 0.489 e. The number of carbonyl (C=O) groups excluding carboxylic acids is 2. The summed E-state index contributed by atoms with van der Waals surface area (Å²) >= 11 is 0. The molecule has 0 atom stereocenters. The molecule has 2 amide bonds. The predicted molar refractivity (Wildman–Crippen MR) is 125 cm³/mol. The van der Waals surface area contributed by atoms with Crippen LogP contribution in [0.4, 0.5) is 5.69 Å². The normalized spacial score (nSPS) is 13.6. The highest BCUT2D eigenvalue weighted by molar-refractivity contribution is 6.04. The highest BCUT2D eigenvalue weighted by atomic mass is 16.5. The van der Waals surface area contributed by atoms with E-state index < -0.39 is 0 Å². The van der Waals surface area contributed by atoms with E-state index in [4.69, 9.17) is 9.26 Å². The number of ether oxygens (including phenoxy) is 1. The summed E-state index contributed by atoms with van der Waals surface area (Å²) in [6.45, 7) is 5.66. The minimum absolute atomic E-state index is 0.0228. The first-order valence-corrected chi connectivity index (χ1v) is 11.3. The lowest BCUT2D eigenvalue weighted by Crippen LogP contribution is -2.36. The molecule has 7 nitrogen and oxygen atoms in total. The second-order valence-corrected chi connectivity index (χ2v) is 8.36. The third-order valence-electron chi connectivity index (χ3n) is 5.93. The van der Waals surface area contributed by atoms with Gasteiger partial charge in [0.25, 0.3) is 5.91 Å². The molecule has 0 radical (unpaired) electrons. The molecule has 2 aromatic carbocycles. The maximum absolute atomic E-state index is 12.9. The van der Waals surface area contributed by atoms with Crippen LogP contribution in [0.3, 0.4) is 0 Å². The van der Waals surface area contributed by atoms with Crippen molar-refractivity contribution in [2.24, 2.45) is 0 Å². The summed E-state index contributed by atoms with van der Waals surface area (Å²) in [5.74, 6) is 1.26. The number of rotatable bonds is 7. The van der Waals surface area contributed by atoms with Gasteiger partial charge in [0.15, 0.2) is 0 Å². The zero-order chi connectivity index (χ0) is 23.2. The van der Waals surface area contributed by atoms with E-state index in [0.717, 1.165) is 54.9 Å². The molecule has 1 fully saturated rings. The predicted octanol–water partition coefficient (Wildman–Crippen LogP) is 4.68. The van der Waals surface area contributed by atoms with E-state index in [1.54, 1.807) is 12.1 Å². The lowest BCUT2D eigenvalue weighted by atomic mass is 10.1. The molecule has 4 rings (SSSR count). The Kier molecular flexibility index (Phi) is 7.07. The summed E-state index contributed by atoms with van der Waals surface area (Å²) in [7, 11) is 0. The first-order chi connectivity index (χ1) is 16.0. The highest BCUT2D eigenvalue weighted by Gasteiger charge is 2.21. The lowest BCUT2D eigenvalue weighted by Gasteiger charge is -2.27. The van der Waals surface area contributed by atoms with Gasteiger partial charge in [-0.15, -0.1) is 0 Å². The van der Waals surface area contributed by atoms with Crippen molar-refractivity contribution in [2.75, 3.05) is 18.4 Å². The van der Waals surface area contributed by atoms with Crippen molar-refractivity contribution in [1.82, 2.24) is 10.1 Å². The summed E-state index contributed by atoms with van der Waals surface area (Å²) in [5.41, 5.74) is 3.71. The quantitative estimate of drug-likeness (QED) is 0.569. The minimum Gasteiger partial charge on any atom is -0.489 e. The van der Waals surface area contributed by atoms with E-state index >= 15 is 0 Å². The fourth-order valence-corrected chi connectivity index (χ4v) is 3.99. The molecule has 0 saturated carbocycles. The van der Waals surface area contributed by atoms with Gasteiger partial charge in [0, 0.05) is 13.1 Å². The van der Waals surface area contributed by atoms with E-state index in [2.05, 4.69) is 10.5 Å². The molecule has 2 heterocycles. The van der Waals surface area contributed by atoms with Gasteiger partial charge in [-0.05, 0) is 62.9 Å². The average molecular weight is 448 g/mol. The van der Waals surface area contributed by atoms with Crippen molar-refractivity contribution >= 4 is 17.5 Å². The fraction of sp³-hybridized carbons (Fsp3) is 0.346. The number of nitrogens with one attached hydrogen (secondary N) is 1. The number of aryl methyl sites for hydroxylation is 2. The standard InChI is InChI=1S/C26H29N3O4/c1-18-23(19(2)33-28-18)17-32-21-12-10-20(11-13-21)16-25(30)27-24-9-5-4-8-22(24)26(31)29-14-6-3-7-15-29/h4-5,8-13H,3,6-7,14-17H2,1-2H3,(H,27,30). The first kappa shape index (κ1) is 22.6. The summed E-state index contributed by atoms with van der Waals surface area (Å²) in [4.78, 5) is 27.5. The number of nitrogens with zero attached hydrogens (tertiary/aromatic N) is 2. The Balaban J connectivity index is 1.35. The summed E-state index contributed by atoms with van der Waals surface area (Å²) < 4.78 is 11.0. The zero-order valence-corrected chi connectivity index (χ0v) is 19.1.